The number of carbonyl (C=O) groups is 1. The Morgan fingerprint density at radius 1 is 1.18 bits per heavy atom. The number of rotatable bonds is 3. The lowest BCUT2D eigenvalue weighted by Crippen LogP contribution is -2.41. The molecule has 0 aliphatic carbocycles. The molecule has 4 nitrogen and oxygen atoms in total. The summed E-state index contributed by atoms with van der Waals surface area (Å²) in [6, 6.07) is 0. The van der Waals surface area contributed by atoms with Gasteiger partial charge in [-0.1, -0.05) is 0 Å². The van der Waals surface area contributed by atoms with Crippen LogP contribution in [0.4, 0.5) is 4.79 Å². The highest BCUT2D eigenvalue weighted by Crippen LogP contribution is 2.20. The van der Waals surface area contributed by atoms with Gasteiger partial charge in [0.25, 0.3) is 0 Å². The van der Waals surface area contributed by atoms with Crippen molar-refractivity contribution in [2.45, 2.75) is 32.6 Å². The second kappa shape index (κ2) is 6.24. The average molecular weight is 240 g/mol. The lowest BCUT2D eigenvalue weighted by Gasteiger charge is -2.33. The molecule has 0 radical (unpaired) electrons. The normalized spacial score (nSPS) is 23.0. The zero-order valence-electron chi connectivity index (χ0n) is 10.9. The van der Waals surface area contributed by atoms with Gasteiger partial charge in [0.15, 0.2) is 0 Å². The first-order valence-corrected chi connectivity index (χ1v) is 6.93. The van der Waals surface area contributed by atoms with E-state index < -0.39 is 0 Å². The van der Waals surface area contributed by atoms with Crippen LogP contribution in [0.1, 0.15) is 32.6 Å². The minimum Gasteiger partial charge on any atom is -0.450 e. The summed E-state index contributed by atoms with van der Waals surface area (Å²) in [5.41, 5.74) is 0. The zero-order chi connectivity index (χ0) is 12.1. The van der Waals surface area contributed by atoms with Crippen molar-refractivity contribution in [1.29, 1.82) is 0 Å². The van der Waals surface area contributed by atoms with Crippen LogP contribution in [0, 0.1) is 5.92 Å². The number of hydrogen-bond acceptors (Lipinski definition) is 3. The molecule has 1 amide bonds. The molecule has 0 atom stereocenters. The van der Waals surface area contributed by atoms with Crippen molar-refractivity contribution in [2.75, 3.05) is 39.3 Å². The second-order valence-corrected chi connectivity index (χ2v) is 5.14. The minimum atomic E-state index is -0.132. The predicted molar refractivity (Wildman–Crippen MR) is 67.0 cm³/mol. The van der Waals surface area contributed by atoms with Crippen molar-refractivity contribution in [1.82, 2.24) is 9.80 Å². The van der Waals surface area contributed by atoms with E-state index in [0.29, 0.717) is 6.61 Å². The van der Waals surface area contributed by atoms with Gasteiger partial charge >= 0.3 is 6.09 Å². The van der Waals surface area contributed by atoms with Crippen molar-refractivity contribution in [3.8, 4) is 0 Å². The number of likely N-dealkylation sites (tertiary alicyclic amines) is 2. The highest BCUT2D eigenvalue weighted by molar-refractivity contribution is 5.67. The third kappa shape index (κ3) is 3.60. The topological polar surface area (TPSA) is 32.8 Å². The van der Waals surface area contributed by atoms with E-state index in [1.54, 1.807) is 0 Å². The maximum absolute atomic E-state index is 11.5. The van der Waals surface area contributed by atoms with E-state index in [0.717, 1.165) is 31.8 Å². The molecular formula is C13H24N2O2. The fraction of sp³-hybridized carbons (Fsp3) is 0.923. The third-order valence-corrected chi connectivity index (χ3v) is 3.86. The lowest BCUT2D eigenvalue weighted by molar-refractivity contribution is 0.0873. The summed E-state index contributed by atoms with van der Waals surface area (Å²) in [6.45, 7) is 7.87. The van der Waals surface area contributed by atoms with Crippen LogP contribution in [-0.2, 0) is 4.74 Å². The van der Waals surface area contributed by atoms with E-state index in [1.165, 1.54) is 32.5 Å². The van der Waals surface area contributed by atoms with Crippen LogP contribution >= 0.6 is 0 Å². The van der Waals surface area contributed by atoms with Crippen LogP contribution in [0.2, 0.25) is 0 Å². The molecule has 2 rings (SSSR count). The molecule has 17 heavy (non-hydrogen) atoms. The first-order valence-electron chi connectivity index (χ1n) is 6.93. The fourth-order valence-electron chi connectivity index (χ4n) is 2.84. The van der Waals surface area contributed by atoms with Crippen molar-refractivity contribution < 1.29 is 9.53 Å². The van der Waals surface area contributed by atoms with Crippen LogP contribution < -0.4 is 0 Å². The Kier molecular flexibility index (Phi) is 4.66. The van der Waals surface area contributed by atoms with E-state index in [2.05, 4.69) is 4.90 Å². The summed E-state index contributed by atoms with van der Waals surface area (Å²) >= 11 is 0. The van der Waals surface area contributed by atoms with E-state index in [-0.39, 0.29) is 6.09 Å². The molecule has 2 fully saturated rings. The Labute approximate surface area is 104 Å². The fourth-order valence-corrected chi connectivity index (χ4v) is 2.84. The van der Waals surface area contributed by atoms with E-state index >= 15 is 0 Å². The first-order chi connectivity index (χ1) is 8.29. The quantitative estimate of drug-likeness (QED) is 0.756. The SMILES string of the molecule is CCOC(=O)N1CCC(CN2CCCC2)CC1. The number of hydrogen-bond donors (Lipinski definition) is 0. The van der Waals surface area contributed by atoms with E-state index in [1.807, 2.05) is 11.8 Å². The Morgan fingerprint density at radius 2 is 1.82 bits per heavy atom. The van der Waals surface area contributed by atoms with Crippen molar-refractivity contribution in [2.24, 2.45) is 5.92 Å². The van der Waals surface area contributed by atoms with Gasteiger partial charge in [0.2, 0.25) is 0 Å². The second-order valence-electron chi connectivity index (χ2n) is 5.14. The molecule has 0 N–H and O–H groups in total. The van der Waals surface area contributed by atoms with Gasteiger partial charge in [-0.3, -0.25) is 0 Å². The first kappa shape index (κ1) is 12.7. The molecule has 4 heteroatoms. The van der Waals surface area contributed by atoms with Gasteiger partial charge in [-0.25, -0.2) is 4.79 Å². The maximum atomic E-state index is 11.5. The predicted octanol–water partition coefficient (Wildman–Crippen LogP) is 1.95. The van der Waals surface area contributed by atoms with Gasteiger partial charge in [-0.2, -0.15) is 0 Å². The monoisotopic (exact) mass is 240 g/mol. The minimum absolute atomic E-state index is 0.132. The largest absolute Gasteiger partial charge is 0.450 e. The molecule has 0 aromatic heterocycles. The van der Waals surface area contributed by atoms with Gasteiger partial charge in [0.05, 0.1) is 6.61 Å². The van der Waals surface area contributed by atoms with Gasteiger partial charge in [-0.05, 0) is 51.6 Å². The average Bonchev–Trinajstić information content (AvgIpc) is 2.83. The molecule has 0 saturated carbocycles. The summed E-state index contributed by atoms with van der Waals surface area (Å²) in [5.74, 6) is 0.777. The number of piperidine rings is 1. The van der Waals surface area contributed by atoms with Crippen molar-refractivity contribution in [3.05, 3.63) is 0 Å². The number of carbonyl (C=O) groups excluding carboxylic acids is 1. The molecule has 0 aromatic rings. The molecule has 98 valence electrons. The molecule has 0 bridgehead atoms. The smallest absolute Gasteiger partial charge is 0.409 e. The van der Waals surface area contributed by atoms with Crippen LogP contribution in [0.3, 0.4) is 0 Å². The van der Waals surface area contributed by atoms with Crippen molar-refractivity contribution in [3.63, 3.8) is 0 Å². The molecular weight excluding hydrogens is 216 g/mol. The van der Waals surface area contributed by atoms with Gasteiger partial charge in [0, 0.05) is 19.6 Å². The van der Waals surface area contributed by atoms with Gasteiger partial charge in [0.1, 0.15) is 0 Å². The molecule has 2 heterocycles. The zero-order valence-corrected chi connectivity index (χ0v) is 10.9. The van der Waals surface area contributed by atoms with Gasteiger partial charge in [-0.15, -0.1) is 0 Å². The maximum Gasteiger partial charge on any atom is 0.409 e. The Morgan fingerprint density at radius 3 is 2.41 bits per heavy atom. The van der Waals surface area contributed by atoms with Crippen LogP contribution in [0.25, 0.3) is 0 Å². The summed E-state index contributed by atoms with van der Waals surface area (Å²) in [5, 5.41) is 0. The summed E-state index contributed by atoms with van der Waals surface area (Å²) < 4.78 is 5.03. The molecule has 2 aliphatic heterocycles. The standard InChI is InChI=1S/C13H24N2O2/c1-2-17-13(16)15-9-5-12(6-10-15)11-14-7-3-4-8-14/h12H,2-11H2,1H3. The van der Waals surface area contributed by atoms with Crippen LogP contribution in [0.15, 0.2) is 0 Å². The molecule has 2 saturated heterocycles. The summed E-state index contributed by atoms with van der Waals surface area (Å²) in [4.78, 5) is 16.0. The van der Waals surface area contributed by atoms with Gasteiger partial charge < -0.3 is 14.5 Å². The van der Waals surface area contributed by atoms with Crippen LogP contribution in [0.5, 0.6) is 0 Å². The Hall–Kier alpha value is -0.770. The molecule has 2 aliphatic rings. The highest BCUT2D eigenvalue weighted by Gasteiger charge is 2.25. The van der Waals surface area contributed by atoms with Crippen molar-refractivity contribution >= 4 is 6.09 Å². The van der Waals surface area contributed by atoms with Crippen LogP contribution in [-0.4, -0.2) is 55.2 Å². The Bertz CT molecular complexity index is 244. The highest BCUT2D eigenvalue weighted by atomic mass is 16.6. The molecule has 0 spiro atoms. The molecule has 0 unspecified atom stereocenters. The molecule has 0 aromatic carbocycles. The number of amides is 1. The third-order valence-electron chi connectivity index (χ3n) is 3.86. The lowest BCUT2D eigenvalue weighted by atomic mass is 9.96. The number of nitrogens with zero attached hydrogens (tertiary/aromatic N) is 2. The summed E-state index contributed by atoms with van der Waals surface area (Å²) in [6.07, 6.45) is 4.86. The summed E-state index contributed by atoms with van der Waals surface area (Å²) in [7, 11) is 0. The van der Waals surface area contributed by atoms with E-state index in [9.17, 15) is 4.79 Å². The number of ether oxygens (including phenoxy) is 1. The Balaban J connectivity index is 1.68. The van der Waals surface area contributed by atoms with E-state index in [4.69, 9.17) is 4.74 Å².